The fourth-order valence-corrected chi connectivity index (χ4v) is 4.71. The first-order valence-corrected chi connectivity index (χ1v) is 11.6. The topological polar surface area (TPSA) is 80.4 Å². The Balaban J connectivity index is 1.67. The molecular formula is C26H26N2O4S. The predicted molar refractivity (Wildman–Crippen MR) is 131 cm³/mol. The number of Topliss-reactive ketones (excluding diaryl/α,β-unsaturated/α-hetero) is 1. The monoisotopic (exact) mass is 462 g/mol. The summed E-state index contributed by atoms with van der Waals surface area (Å²) in [5.74, 6) is 0.963. The number of ketones is 1. The highest BCUT2D eigenvalue weighted by molar-refractivity contribution is 7.15. The van der Waals surface area contributed by atoms with Crippen molar-refractivity contribution in [3.8, 4) is 11.5 Å². The number of hydrogen-bond acceptors (Lipinski definition) is 5. The van der Waals surface area contributed by atoms with E-state index < -0.39 is 0 Å². The fraction of sp³-hybridized carbons (Fsp3) is 0.231. The number of carbonyl (C=O) groups is 2. The van der Waals surface area contributed by atoms with E-state index in [0.29, 0.717) is 34.4 Å². The van der Waals surface area contributed by atoms with Gasteiger partial charge in [-0.05, 0) is 55.3 Å². The van der Waals surface area contributed by atoms with Crippen LogP contribution < -0.4 is 14.8 Å². The second-order valence-electron chi connectivity index (χ2n) is 7.62. The van der Waals surface area contributed by atoms with Gasteiger partial charge in [-0.3, -0.25) is 9.59 Å². The Morgan fingerprint density at radius 2 is 1.85 bits per heavy atom. The highest BCUT2D eigenvalue weighted by atomic mass is 32.1. The van der Waals surface area contributed by atoms with Crippen LogP contribution >= 0.6 is 11.3 Å². The highest BCUT2D eigenvalue weighted by Crippen LogP contribution is 2.36. The van der Waals surface area contributed by atoms with Crippen LogP contribution in [0.25, 0.3) is 10.9 Å². The summed E-state index contributed by atoms with van der Waals surface area (Å²) in [6, 6.07) is 17.3. The normalized spacial score (nSPS) is 11.8. The quantitative estimate of drug-likeness (QED) is 0.326. The lowest BCUT2D eigenvalue weighted by Gasteiger charge is -2.20. The number of H-pyrrole nitrogens is 1. The maximum absolute atomic E-state index is 12.8. The third-order valence-electron chi connectivity index (χ3n) is 5.53. The molecule has 2 N–H and O–H groups in total. The Morgan fingerprint density at radius 3 is 2.58 bits per heavy atom. The summed E-state index contributed by atoms with van der Waals surface area (Å²) in [4.78, 5) is 28.9. The van der Waals surface area contributed by atoms with Gasteiger partial charge in [0.25, 0.3) is 5.91 Å². The lowest BCUT2D eigenvalue weighted by molar-refractivity contribution is 0.0955. The number of hydrogen-bond donors (Lipinski definition) is 2. The zero-order valence-corrected chi connectivity index (χ0v) is 19.6. The van der Waals surface area contributed by atoms with E-state index in [4.69, 9.17) is 9.47 Å². The second kappa shape index (κ2) is 9.92. The van der Waals surface area contributed by atoms with Crippen LogP contribution in [-0.4, -0.2) is 36.9 Å². The summed E-state index contributed by atoms with van der Waals surface area (Å²) in [7, 11) is 1.62. The van der Waals surface area contributed by atoms with E-state index in [0.717, 1.165) is 22.0 Å². The summed E-state index contributed by atoms with van der Waals surface area (Å²) in [5.41, 5.74) is 3.11. The summed E-state index contributed by atoms with van der Waals surface area (Å²) >= 11 is 1.21. The van der Waals surface area contributed by atoms with Gasteiger partial charge in [0.1, 0.15) is 0 Å². The van der Waals surface area contributed by atoms with E-state index >= 15 is 0 Å². The Bertz CT molecular complexity index is 1290. The molecule has 2 heterocycles. The van der Waals surface area contributed by atoms with Crippen LogP contribution in [0.2, 0.25) is 0 Å². The van der Waals surface area contributed by atoms with Crippen LogP contribution in [0.3, 0.4) is 0 Å². The van der Waals surface area contributed by atoms with Crippen molar-refractivity contribution in [2.45, 2.75) is 19.8 Å². The minimum absolute atomic E-state index is 0.0443. The van der Waals surface area contributed by atoms with Gasteiger partial charge in [-0.2, -0.15) is 0 Å². The number of rotatable bonds is 9. The van der Waals surface area contributed by atoms with Gasteiger partial charge in [0.2, 0.25) is 0 Å². The molecule has 33 heavy (non-hydrogen) atoms. The molecule has 0 bridgehead atoms. The number of methoxy groups -OCH3 is 1. The third kappa shape index (κ3) is 4.78. The second-order valence-corrected chi connectivity index (χ2v) is 8.70. The number of benzene rings is 2. The minimum atomic E-state index is -0.199. The van der Waals surface area contributed by atoms with Crippen molar-refractivity contribution in [3.63, 3.8) is 0 Å². The molecule has 6 nitrogen and oxygen atoms in total. The van der Waals surface area contributed by atoms with Crippen molar-refractivity contribution in [1.82, 2.24) is 10.3 Å². The molecule has 4 aromatic rings. The Hall–Kier alpha value is -3.58. The summed E-state index contributed by atoms with van der Waals surface area (Å²) < 4.78 is 11.2. The van der Waals surface area contributed by atoms with Gasteiger partial charge in [0.15, 0.2) is 17.3 Å². The van der Waals surface area contributed by atoms with E-state index in [2.05, 4.69) is 16.4 Å². The molecule has 0 unspecified atom stereocenters. The minimum Gasteiger partial charge on any atom is -0.493 e. The van der Waals surface area contributed by atoms with Crippen molar-refractivity contribution in [3.05, 3.63) is 81.7 Å². The van der Waals surface area contributed by atoms with Crippen molar-refractivity contribution >= 4 is 33.9 Å². The zero-order valence-electron chi connectivity index (χ0n) is 18.8. The molecule has 0 spiro atoms. The first-order valence-electron chi connectivity index (χ1n) is 10.8. The van der Waals surface area contributed by atoms with E-state index in [1.165, 1.54) is 18.3 Å². The molecule has 1 atom stereocenters. The predicted octanol–water partition coefficient (Wildman–Crippen LogP) is 5.40. The average molecular weight is 463 g/mol. The van der Waals surface area contributed by atoms with E-state index in [1.54, 1.807) is 19.2 Å². The first kappa shape index (κ1) is 22.6. The number of fused-ring (bicyclic) bond motifs is 1. The molecule has 0 saturated heterocycles. The van der Waals surface area contributed by atoms with Crippen molar-refractivity contribution < 1.29 is 19.1 Å². The van der Waals surface area contributed by atoms with Crippen LogP contribution in [0, 0.1) is 0 Å². The SMILES string of the molecule is CCOc1ccc([C@H](CNC(=O)c2ccc(C(C)=O)s2)c2c[nH]c3ccccc23)cc1OC. The Kier molecular flexibility index (Phi) is 6.79. The number of aromatic amines is 1. The molecule has 4 rings (SSSR count). The number of nitrogens with one attached hydrogen (secondary N) is 2. The zero-order chi connectivity index (χ0) is 23.4. The maximum Gasteiger partial charge on any atom is 0.261 e. The van der Waals surface area contributed by atoms with Gasteiger partial charge >= 0.3 is 0 Å². The van der Waals surface area contributed by atoms with Gasteiger partial charge in [0.05, 0.1) is 23.5 Å². The number of thiophene rings is 1. The first-order chi connectivity index (χ1) is 16.0. The molecule has 0 radical (unpaired) electrons. The lowest BCUT2D eigenvalue weighted by Crippen LogP contribution is -2.28. The third-order valence-corrected chi connectivity index (χ3v) is 6.71. The van der Waals surface area contributed by atoms with Crippen LogP contribution in [0.4, 0.5) is 0 Å². The highest BCUT2D eigenvalue weighted by Gasteiger charge is 2.22. The molecule has 0 aliphatic heterocycles. The largest absolute Gasteiger partial charge is 0.493 e. The van der Waals surface area contributed by atoms with Crippen molar-refractivity contribution in [2.75, 3.05) is 20.3 Å². The van der Waals surface area contributed by atoms with Crippen LogP contribution in [0.1, 0.15) is 50.2 Å². The standard InChI is InChI=1S/C26H26N2O4S/c1-4-32-22-10-9-17(13-23(22)31-3)19(20-15-27-21-8-6-5-7-18(20)21)14-28-26(30)25-12-11-24(33-25)16(2)29/h5-13,15,19,27H,4,14H2,1-3H3,(H,28,30)/t19-/m0/s1. The molecule has 0 fully saturated rings. The lowest BCUT2D eigenvalue weighted by atomic mass is 9.90. The Labute approximate surface area is 196 Å². The van der Waals surface area contributed by atoms with Gasteiger partial charge in [-0.25, -0.2) is 0 Å². The fourth-order valence-electron chi connectivity index (χ4n) is 3.90. The van der Waals surface area contributed by atoms with Gasteiger partial charge < -0.3 is 19.8 Å². The molecule has 2 aromatic heterocycles. The Morgan fingerprint density at radius 1 is 1.06 bits per heavy atom. The van der Waals surface area contributed by atoms with Crippen LogP contribution in [0.15, 0.2) is 60.8 Å². The molecule has 0 aliphatic carbocycles. The molecule has 170 valence electrons. The number of ether oxygens (including phenoxy) is 2. The smallest absolute Gasteiger partial charge is 0.261 e. The average Bonchev–Trinajstić information content (AvgIpc) is 3.48. The van der Waals surface area contributed by atoms with Crippen LogP contribution in [0.5, 0.6) is 11.5 Å². The van der Waals surface area contributed by atoms with Crippen molar-refractivity contribution in [1.29, 1.82) is 0 Å². The van der Waals surface area contributed by atoms with Crippen LogP contribution in [-0.2, 0) is 0 Å². The number of amides is 1. The van der Waals surface area contributed by atoms with E-state index in [9.17, 15) is 9.59 Å². The molecule has 0 aliphatic rings. The number of carbonyl (C=O) groups excluding carboxylic acids is 2. The summed E-state index contributed by atoms with van der Waals surface area (Å²) in [5, 5.41) is 4.15. The molecular weight excluding hydrogens is 436 g/mol. The van der Waals surface area contributed by atoms with E-state index in [-0.39, 0.29) is 17.6 Å². The van der Waals surface area contributed by atoms with Gasteiger partial charge in [-0.1, -0.05) is 24.3 Å². The molecule has 1 amide bonds. The maximum atomic E-state index is 12.8. The van der Waals surface area contributed by atoms with Crippen molar-refractivity contribution in [2.24, 2.45) is 0 Å². The summed E-state index contributed by atoms with van der Waals surface area (Å²) in [6.07, 6.45) is 1.99. The van der Waals surface area contributed by atoms with Gasteiger partial charge in [-0.15, -0.1) is 11.3 Å². The molecule has 0 saturated carbocycles. The number of aromatic nitrogens is 1. The molecule has 2 aromatic carbocycles. The number of para-hydroxylation sites is 1. The molecule has 7 heteroatoms. The van der Waals surface area contributed by atoms with E-state index in [1.807, 2.05) is 49.5 Å². The van der Waals surface area contributed by atoms with Gasteiger partial charge in [0, 0.05) is 29.6 Å². The summed E-state index contributed by atoms with van der Waals surface area (Å²) in [6.45, 7) is 4.35.